The van der Waals surface area contributed by atoms with E-state index in [9.17, 15) is 0 Å². The summed E-state index contributed by atoms with van der Waals surface area (Å²) in [6.45, 7) is 4.25. The van der Waals surface area contributed by atoms with E-state index < -0.39 is 0 Å². The fourth-order valence-electron chi connectivity index (χ4n) is 2.40. The van der Waals surface area contributed by atoms with Crippen LogP contribution in [0.25, 0.3) is 0 Å². The largest absolute Gasteiger partial charge is 0.303 e. The first kappa shape index (κ1) is 16.6. The molecule has 0 aliphatic carbocycles. The molecule has 0 spiro atoms. The Morgan fingerprint density at radius 1 is 0.952 bits per heavy atom. The summed E-state index contributed by atoms with van der Waals surface area (Å²) >= 11 is 18.4. The first-order valence-electron chi connectivity index (χ1n) is 6.98. The first-order valence-corrected chi connectivity index (χ1v) is 8.11. The first-order chi connectivity index (χ1) is 10.0. The second-order valence-electron chi connectivity index (χ2n) is 5.04. The number of benzene rings is 2. The van der Waals surface area contributed by atoms with Crippen LogP contribution in [0.1, 0.15) is 43.5 Å². The number of hydrogen-bond acceptors (Lipinski definition) is 1. The molecule has 21 heavy (non-hydrogen) atoms. The molecular weight excluding hydrogens is 325 g/mol. The van der Waals surface area contributed by atoms with Gasteiger partial charge in [0, 0.05) is 17.1 Å². The Balaban J connectivity index is 2.19. The van der Waals surface area contributed by atoms with Gasteiger partial charge in [-0.2, -0.15) is 0 Å². The lowest BCUT2D eigenvalue weighted by atomic mass is 10.0. The van der Waals surface area contributed by atoms with Crippen molar-refractivity contribution in [1.82, 2.24) is 5.32 Å². The van der Waals surface area contributed by atoms with E-state index in [1.54, 1.807) is 0 Å². The van der Waals surface area contributed by atoms with E-state index in [2.05, 4.69) is 19.2 Å². The van der Waals surface area contributed by atoms with Gasteiger partial charge < -0.3 is 5.32 Å². The van der Waals surface area contributed by atoms with Gasteiger partial charge in [0.1, 0.15) is 0 Å². The molecule has 0 saturated heterocycles. The van der Waals surface area contributed by atoms with Crippen LogP contribution in [0.2, 0.25) is 15.1 Å². The molecule has 2 aromatic rings. The minimum atomic E-state index is 0.151. The van der Waals surface area contributed by atoms with Gasteiger partial charge in [0.2, 0.25) is 0 Å². The quantitative estimate of drug-likeness (QED) is 0.658. The van der Waals surface area contributed by atoms with Crippen molar-refractivity contribution in [3.8, 4) is 0 Å². The Bertz CT molecular complexity index is 613. The van der Waals surface area contributed by atoms with Crippen LogP contribution in [-0.2, 0) is 0 Å². The molecule has 0 aliphatic rings. The van der Waals surface area contributed by atoms with Crippen LogP contribution >= 0.6 is 34.8 Å². The molecule has 2 unspecified atom stereocenters. The van der Waals surface area contributed by atoms with Gasteiger partial charge in [-0.1, -0.05) is 66.0 Å². The van der Waals surface area contributed by atoms with E-state index in [1.807, 2.05) is 42.5 Å². The van der Waals surface area contributed by atoms with Crippen molar-refractivity contribution in [3.05, 3.63) is 68.7 Å². The molecule has 1 N–H and O–H groups in total. The van der Waals surface area contributed by atoms with Crippen LogP contribution in [0.5, 0.6) is 0 Å². The molecule has 0 aromatic heterocycles. The van der Waals surface area contributed by atoms with Crippen LogP contribution in [0, 0.1) is 0 Å². The highest BCUT2D eigenvalue weighted by Crippen LogP contribution is 2.30. The molecule has 2 rings (SSSR count). The normalized spacial score (nSPS) is 14.0. The van der Waals surface area contributed by atoms with Gasteiger partial charge in [0.15, 0.2) is 0 Å². The molecular formula is C17H18Cl3N. The SMILES string of the molecule is CCC(NC(C)c1ccccc1Cl)c1ccc(Cl)c(Cl)c1. The molecule has 0 amide bonds. The molecule has 0 fully saturated rings. The highest BCUT2D eigenvalue weighted by molar-refractivity contribution is 6.42. The van der Waals surface area contributed by atoms with Crippen LogP contribution < -0.4 is 5.32 Å². The van der Waals surface area contributed by atoms with Gasteiger partial charge in [0.25, 0.3) is 0 Å². The van der Waals surface area contributed by atoms with Gasteiger partial charge >= 0.3 is 0 Å². The standard InChI is InChI=1S/C17H18Cl3N/c1-3-17(12-8-9-15(19)16(20)10-12)21-11(2)13-6-4-5-7-14(13)18/h4-11,17,21H,3H2,1-2H3. The summed E-state index contributed by atoms with van der Waals surface area (Å²) in [5.74, 6) is 0. The van der Waals surface area contributed by atoms with Crippen molar-refractivity contribution >= 4 is 34.8 Å². The highest BCUT2D eigenvalue weighted by atomic mass is 35.5. The average molecular weight is 343 g/mol. The molecule has 1 nitrogen and oxygen atoms in total. The minimum absolute atomic E-state index is 0.151. The maximum atomic E-state index is 6.26. The lowest BCUT2D eigenvalue weighted by Gasteiger charge is -2.24. The maximum Gasteiger partial charge on any atom is 0.0595 e. The summed E-state index contributed by atoms with van der Waals surface area (Å²) < 4.78 is 0. The smallest absolute Gasteiger partial charge is 0.0595 e. The topological polar surface area (TPSA) is 12.0 Å². The third-order valence-electron chi connectivity index (χ3n) is 3.58. The molecule has 112 valence electrons. The Hall–Kier alpha value is -0.730. The van der Waals surface area contributed by atoms with Crippen molar-refractivity contribution in [3.63, 3.8) is 0 Å². The Morgan fingerprint density at radius 2 is 1.67 bits per heavy atom. The van der Waals surface area contributed by atoms with Crippen LogP contribution in [0.15, 0.2) is 42.5 Å². The second kappa shape index (κ2) is 7.51. The summed E-state index contributed by atoms with van der Waals surface area (Å²) in [5.41, 5.74) is 2.23. The predicted molar refractivity (Wildman–Crippen MR) is 92.5 cm³/mol. The fraction of sp³-hybridized carbons (Fsp3) is 0.294. The van der Waals surface area contributed by atoms with Gasteiger partial charge in [-0.3, -0.25) is 0 Å². The fourth-order valence-corrected chi connectivity index (χ4v) is 3.00. The van der Waals surface area contributed by atoms with Crippen LogP contribution in [-0.4, -0.2) is 0 Å². The number of hydrogen-bond donors (Lipinski definition) is 1. The van der Waals surface area contributed by atoms with Crippen LogP contribution in [0.3, 0.4) is 0 Å². The summed E-state index contributed by atoms with van der Waals surface area (Å²) in [6, 6.07) is 14.0. The van der Waals surface area contributed by atoms with E-state index in [1.165, 1.54) is 0 Å². The van der Waals surface area contributed by atoms with E-state index in [-0.39, 0.29) is 12.1 Å². The van der Waals surface area contributed by atoms with E-state index >= 15 is 0 Å². The lowest BCUT2D eigenvalue weighted by molar-refractivity contribution is 0.456. The molecule has 0 radical (unpaired) electrons. The van der Waals surface area contributed by atoms with Gasteiger partial charge in [0.05, 0.1) is 10.0 Å². The monoisotopic (exact) mass is 341 g/mol. The molecule has 0 heterocycles. The minimum Gasteiger partial charge on any atom is -0.303 e. The number of nitrogens with one attached hydrogen (secondary N) is 1. The molecule has 2 aromatic carbocycles. The van der Waals surface area contributed by atoms with E-state index in [0.29, 0.717) is 10.0 Å². The summed E-state index contributed by atoms with van der Waals surface area (Å²) in [4.78, 5) is 0. The van der Waals surface area contributed by atoms with Crippen molar-refractivity contribution in [1.29, 1.82) is 0 Å². The highest BCUT2D eigenvalue weighted by Gasteiger charge is 2.16. The summed E-state index contributed by atoms with van der Waals surface area (Å²) in [7, 11) is 0. The zero-order chi connectivity index (χ0) is 15.4. The van der Waals surface area contributed by atoms with Gasteiger partial charge in [-0.15, -0.1) is 0 Å². The molecule has 0 aliphatic heterocycles. The van der Waals surface area contributed by atoms with Gasteiger partial charge in [-0.05, 0) is 42.7 Å². The third-order valence-corrected chi connectivity index (χ3v) is 4.66. The van der Waals surface area contributed by atoms with Crippen molar-refractivity contribution in [2.75, 3.05) is 0 Å². The van der Waals surface area contributed by atoms with Crippen LogP contribution in [0.4, 0.5) is 0 Å². The number of halogens is 3. The summed E-state index contributed by atoms with van der Waals surface area (Å²) in [6.07, 6.45) is 0.951. The molecule has 0 bridgehead atoms. The Labute approximate surface area is 141 Å². The zero-order valence-electron chi connectivity index (χ0n) is 12.0. The molecule has 4 heteroatoms. The van der Waals surface area contributed by atoms with Crippen molar-refractivity contribution in [2.45, 2.75) is 32.4 Å². The lowest BCUT2D eigenvalue weighted by Crippen LogP contribution is -2.24. The van der Waals surface area contributed by atoms with Crippen molar-refractivity contribution < 1.29 is 0 Å². The van der Waals surface area contributed by atoms with E-state index in [4.69, 9.17) is 34.8 Å². The molecule has 0 saturated carbocycles. The predicted octanol–water partition coefficient (Wildman–Crippen LogP) is 6.45. The van der Waals surface area contributed by atoms with Gasteiger partial charge in [-0.25, -0.2) is 0 Å². The number of rotatable bonds is 5. The Morgan fingerprint density at radius 3 is 2.29 bits per heavy atom. The second-order valence-corrected chi connectivity index (χ2v) is 6.27. The average Bonchev–Trinajstić information content (AvgIpc) is 2.48. The summed E-state index contributed by atoms with van der Waals surface area (Å²) in [5, 5.41) is 5.54. The van der Waals surface area contributed by atoms with Crippen molar-refractivity contribution in [2.24, 2.45) is 0 Å². The van der Waals surface area contributed by atoms with E-state index in [0.717, 1.165) is 22.6 Å². The molecule has 2 atom stereocenters. The Kier molecular flexibility index (Phi) is 5.95. The third kappa shape index (κ3) is 4.14. The maximum absolute atomic E-state index is 6.26. The zero-order valence-corrected chi connectivity index (χ0v) is 14.3.